The Balaban J connectivity index is 1.55. The molecule has 0 aliphatic carbocycles. The second kappa shape index (κ2) is 5.09. The van der Waals surface area contributed by atoms with Gasteiger partial charge in [0.2, 0.25) is 0 Å². The Hall–Kier alpha value is -1.43. The smallest absolute Gasteiger partial charge is 0.258 e. The van der Waals surface area contributed by atoms with Gasteiger partial charge in [0, 0.05) is 11.1 Å². The monoisotopic (exact) mass is 305 g/mol. The Morgan fingerprint density at radius 2 is 2.33 bits per heavy atom. The molecule has 3 heterocycles. The lowest BCUT2D eigenvalue weighted by molar-refractivity contribution is 0.0972. The zero-order valence-corrected chi connectivity index (χ0v) is 12.2. The minimum atomic E-state index is -0.127. The molecule has 1 aromatic heterocycles. The Labute approximate surface area is 126 Å². The number of rotatable bonds is 3. The molecule has 2 saturated heterocycles. The van der Waals surface area contributed by atoms with E-state index in [1.165, 1.54) is 6.42 Å². The van der Waals surface area contributed by atoms with E-state index in [0.717, 1.165) is 12.8 Å². The molecule has 2 aliphatic rings. The fraction of sp³-hybridized carbons (Fsp3) is 0.467. The second-order valence-corrected chi connectivity index (χ2v) is 6.21. The minimum absolute atomic E-state index is 0.127. The van der Waals surface area contributed by atoms with Crippen LogP contribution in [0.15, 0.2) is 23.0 Å². The summed E-state index contributed by atoms with van der Waals surface area (Å²) in [6.07, 6.45) is 4.08. The molecule has 1 aromatic carbocycles. The summed E-state index contributed by atoms with van der Waals surface area (Å²) >= 11 is 5.96. The van der Waals surface area contributed by atoms with Crippen molar-refractivity contribution in [2.45, 2.75) is 44.1 Å². The van der Waals surface area contributed by atoms with Crippen molar-refractivity contribution in [1.29, 1.82) is 0 Å². The molecule has 2 aromatic rings. The van der Waals surface area contributed by atoms with Gasteiger partial charge in [-0.15, -0.1) is 0 Å². The number of benzene rings is 1. The molecule has 2 fully saturated rings. The summed E-state index contributed by atoms with van der Waals surface area (Å²) in [7, 11) is 0. The molecule has 0 spiro atoms. The number of hydrogen-bond acceptors (Lipinski definition) is 4. The Kier molecular flexibility index (Phi) is 3.21. The maximum Gasteiger partial charge on any atom is 0.258 e. The SMILES string of the molecule is O=c1[nH]c(CNC2CC3CCC2O3)nc2cc(Cl)ccc12. The van der Waals surface area contributed by atoms with E-state index in [2.05, 4.69) is 15.3 Å². The zero-order chi connectivity index (χ0) is 14.4. The largest absolute Gasteiger partial charge is 0.373 e. The molecule has 0 radical (unpaired) electrons. The molecule has 0 amide bonds. The Morgan fingerprint density at radius 1 is 1.43 bits per heavy atom. The highest BCUT2D eigenvalue weighted by Gasteiger charge is 2.40. The lowest BCUT2D eigenvalue weighted by Crippen LogP contribution is -2.37. The van der Waals surface area contributed by atoms with Gasteiger partial charge in [0.05, 0.1) is 29.7 Å². The quantitative estimate of drug-likeness (QED) is 0.910. The van der Waals surface area contributed by atoms with Gasteiger partial charge in [0.25, 0.3) is 5.56 Å². The van der Waals surface area contributed by atoms with Crippen LogP contribution in [0.2, 0.25) is 5.02 Å². The summed E-state index contributed by atoms with van der Waals surface area (Å²) in [4.78, 5) is 19.3. The van der Waals surface area contributed by atoms with Crippen molar-refractivity contribution < 1.29 is 4.74 Å². The zero-order valence-electron chi connectivity index (χ0n) is 11.4. The van der Waals surface area contributed by atoms with Gasteiger partial charge in [-0.25, -0.2) is 4.98 Å². The number of aromatic amines is 1. The van der Waals surface area contributed by atoms with Crippen LogP contribution in [-0.2, 0) is 11.3 Å². The number of hydrogen-bond donors (Lipinski definition) is 2. The number of nitrogens with zero attached hydrogens (tertiary/aromatic N) is 1. The first-order chi connectivity index (χ1) is 10.2. The van der Waals surface area contributed by atoms with Crippen molar-refractivity contribution in [3.8, 4) is 0 Å². The summed E-state index contributed by atoms with van der Waals surface area (Å²) in [6, 6.07) is 5.48. The minimum Gasteiger partial charge on any atom is -0.373 e. The number of nitrogens with one attached hydrogen (secondary N) is 2. The average Bonchev–Trinajstić information content (AvgIpc) is 3.07. The third-order valence-corrected chi connectivity index (χ3v) is 4.59. The van der Waals surface area contributed by atoms with Crippen LogP contribution in [0.3, 0.4) is 0 Å². The molecule has 2 bridgehead atoms. The van der Waals surface area contributed by atoms with Gasteiger partial charge in [0.15, 0.2) is 0 Å². The highest BCUT2D eigenvalue weighted by molar-refractivity contribution is 6.31. The van der Waals surface area contributed by atoms with E-state index >= 15 is 0 Å². The van der Waals surface area contributed by atoms with Crippen molar-refractivity contribution >= 4 is 22.5 Å². The van der Waals surface area contributed by atoms with E-state index in [0.29, 0.717) is 46.5 Å². The number of halogens is 1. The highest BCUT2D eigenvalue weighted by Crippen LogP contribution is 2.34. The molecule has 110 valence electrons. The molecule has 0 saturated carbocycles. The van der Waals surface area contributed by atoms with Gasteiger partial charge in [0.1, 0.15) is 5.82 Å². The van der Waals surface area contributed by atoms with Crippen LogP contribution in [0, 0.1) is 0 Å². The number of fused-ring (bicyclic) bond motifs is 3. The van der Waals surface area contributed by atoms with E-state index in [1.54, 1.807) is 18.2 Å². The van der Waals surface area contributed by atoms with Crippen molar-refractivity contribution in [1.82, 2.24) is 15.3 Å². The third-order valence-electron chi connectivity index (χ3n) is 4.36. The highest BCUT2D eigenvalue weighted by atomic mass is 35.5. The van der Waals surface area contributed by atoms with Crippen LogP contribution in [0.25, 0.3) is 10.9 Å². The lowest BCUT2D eigenvalue weighted by Gasteiger charge is -2.19. The summed E-state index contributed by atoms with van der Waals surface area (Å²) in [5.41, 5.74) is 0.505. The number of ether oxygens (including phenoxy) is 1. The molecule has 3 atom stereocenters. The first-order valence-corrected chi connectivity index (χ1v) is 7.64. The summed E-state index contributed by atoms with van der Waals surface area (Å²) in [5, 5.41) is 4.59. The van der Waals surface area contributed by atoms with Gasteiger partial charge in [-0.05, 0) is 37.5 Å². The summed E-state index contributed by atoms with van der Waals surface area (Å²) < 4.78 is 5.81. The maximum absolute atomic E-state index is 12.0. The molecular formula is C15H16ClN3O2. The van der Waals surface area contributed by atoms with Gasteiger partial charge in [-0.2, -0.15) is 0 Å². The predicted molar refractivity (Wildman–Crippen MR) is 80.5 cm³/mol. The second-order valence-electron chi connectivity index (χ2n) is 5.77. The van der Waals surface area contributed by atoms with Gasteiger partial charge in [-0.1, -0.05) is 11.6 Å². The number of H-pyrrole nitrogens is 1. The first kappa shape index (κ1) is 13.2. The maximum atomic E-state index is 12.0. The fourth-order valence-electron chi connectivity index (χ4n) is 3.33. The van der Waals surface area contributed by atoms with Crippen molar-refractivity contribution in [3.63, 3.8) is 0 Å². The fourth-order valence-corrected chi connectivity index (χ4v) is 3.49. The molecule has 4 rings (SSSR count). The normalized spacial score (nSPS) is 27.6. The molecule has 5 nitrogen and oxygen atoms in total. The van der Waals surface area contributed by atoms with Gasteiger partial charge >= 0.3 is 0 Å². The van der Waals surface area contributed by atoms with E-state index in [4.69, 9.17) is 16.3 Å². The van der Waals surface area contributed by atoms with Crippen LogP contribution in [0.4, 0.5) is 0 Å². The molecule has 6 heteroatoms. The van der Waals surface area contributed by atoms with Gasteiger partial charge in [-0.3, -0.25) is 4.79 Å². The van der Waals surface area contributed by atoms with E-state index in [-0.39, 0.29) is 5.56 Å². The Morgan fingerprint density at radius 3 is 3.10 bits per heavy atom. The third kappa shape index (κ3) is 2.46. The first-order valence-electron chi connectivity index (χ1n) is 7.26. The van der Waals surface area contributed by atoms with Crippen molar-refractivity contribution in [2.75, 3.05) is 0 Å². The molecule has 21 heavy (non-hydrogen) atoms. The van der Waals surface area contributed by atoms with Crippen LogP contribution < -0.4 is 10.9 Å². The average molecular weight is 306 g/mol. The van der Waals surface area contributed by atoms with E-state index in [9.17, 15) is 4.79 Å². The van der Waals surface area contributed by atoms with Crippen LogP contribution in [0.5, 0.6) is 0 Å². The van der Waals surface area contributed by atoms with Crippen LogP contribution in [0.1, 0.15) is 25.1 Å². The van der Waals surface area contributed by atoms with E-state index in [1.807, 2.05) is 0 Å². The van der Waals surface area contributed by atoms with E-state index < -0.39 is 0 Å². The number of aromatic nitrogens is 2. The van der Waals surface area contributed by atoms with Crippen molar-refractivity contribution in [2.24, 2.45) is 0 Å². The van der Waals surface area contributed by atoms with Crippen LogP contribution in [-0.4, -0.2) is 28.2 Å². The predicted octanol–water partition coefficient (Wildman–Crippen LogP) is 1.99. The summed E-state index contributed by atoms with van der Waals surface area (Å²) in [6.45, 7) is 0.537. The van der Waals surface area contributed by atoms with Crippen molar-refractivity contribution in [3.05, 3.63) is 39.4 Å². The standard InChI is InChI=1S/C15H16ClN3O2/c16-8-1-3-10-11(5-8)18-14(19-15(10)20)7-17-12-6-9-2-4-13(12)21-9/h1,3,5,9,12-13,17H,2,4,6-7H2,(H,18,19,20). The lowest BCUT2D eigenvalue weighted by atomic mass is 9.95. The molecular weight excluding hydrogens is 290 g/mol. The van der Waals surface area contributed by atoms with Crippen LogP contribution >= 0.6 is 11.6 Å². The molecule has 2 aliphatic heterocycles. The summed E-state index contributed by atoms with van der Waals surface area (Å²) in [5.74, 6) is 0.637. The van der Waals surface area contributed by atoms with Gasteiger partial charge < -0.3 is 15.0 Å². The molecule has 2 N–H and O–H groups in total. The Bertz CT molecular complexity index is 745. The molecule has 3 unspecified atom stereocenters. The topological polar surface area (TPSA) is 67.0 Å².